The quantitative estimate of drug-likeness (QED) is 0.587. The number of carbonyl (C=O) groups is 1. The Morgan fingerprint density at radius 2 is 2.00 bits per heavy atom. The molecule has 1 aromatic rings. The van der Waals surface area contributed by atoms with Gasteiger partial charge in [-0.3, -0.25) is 14.9 Å². The Morgan fingerprint density at radius 3 is 2.61 bits per heavy atom. The van der Waals surface area contributed by atoms with Gasteiger partial charge in [0.1, 0.15) is 5.82 Å². The Kier molecular flexibility index (Phi) is 3.52. The predicted octanol–water partition coefficient (Wildman–Crippen LogP) is 1.21. The zero-order chi connectivity index (χ0) is 13.1. The third-order valence-electron chi connectivity index (χ3n) is 2.64. The maximum atomic E-state index is 13.2. The highest BCUT2D eigenvalue weighted by Gasteiger charge is 2.21. The second-order valence-electron chi connectivity index (χ2n) is 3.86. The van der Waals surface area contributed by atoms with E-state index in [9.17, 15) is 19.3 Å². The second-order valence-corrected chi connectivity index (χ2v) is 3.86. The average Bonchev–Trinajstić information content (AvgIpc) is 2.38. The van der Waals surface area contributed by atoms with E-state index in [1.807, 2.05) is 0 Å². The normalized spacial score (nSPS) is 15.5. The van der Waals surface area contributed by atoms with Crippen molar-refractivity contribution in [2.75, 3.05) is 26.3 Å². The fourth-order valence-corrected chi connectivity index (χ4v) is 1.75. The molecule has 1 amide bonds. The standard InChI is InChI=1S/C11H11FN2O4/c12-9-5-8(6-10(7-9)14(16)17)11(15)13-1-3-18-4-2-13/h5-7H,1-4H2. The van der Waals surface area contributed by atoms with Crippen molar-refractivity contribution in [2.45, 2.75) is 0 Å². The summed E-state index contributed by atoms with van der Waals surface area (Å²) in [5, 5.41) is 10.6. The minimum atomic E-state index is -0.791. The van der Waals surface area contributed by atoms with Gasteiger partial charge in [-0.15, -0.1) is 0 Å². The molecule has 0 N–H and O–H groups in total. The van der Waals surface area contributed by atoms with Crippen LogP contribution in [0.2, 0.25) is 0 Å². The third kappa shape index (κ3) is 2.62. The van der Waals surface area contributed by atoms with Gasteiger partial charge in [-0.05, 0) is 6.07 Å². The third-order valence-corrected chi connectivity index (χ3v) is 2.64. The molecule has 1 aliphatic heterocycles. The van der Waals surface area contributed by atoms with Crippen LogP contribution in [-0.2, 0) is 4.74 Å². The van der Waals surface area contributed by atoms with Crippen molar-refractivity contribution in [3.63, 3.8) is 0 Å². The van der Waals surface area contributed by atoms with E-state index in [1.54, 1.807) is 0 Å². The molecule has 0 aliphatic carbocycles. The van der Waals surface area contributed by atoms with Gasteiger partial charge in [-0.1, -0.05) is 0 Å². The monoisotopic (exact) mass is 254 g/mol. The maximum Gasteiger partial charge on any atom is 0.273 e. The molecule has 0 bridgehead atoms. The van der Waals surface area contributed by atoms with Crippen molar-refractivity contribution < 1.29 is 18.8 Å². The molecule has 7 heteroatoms. The van der Waals surface area contributed by atoms with E-state index in [1.165, 1.54) is 4.90 Å². The SMILES string of the molecule is O=C(c1cc(F)cc([N+](=O)[O-])c1)N1CCOCC1. The number of carbonyl (C=O) groups excluding carboxylic acids is 1. The number of halogens is 1. The van der Waals surface area contributed by atoms with E-state index in [4.69, 9.17) is 4.74 Å². The number of hydrogen-bond donors (Lipinski definition) is 0. The molecular formula is C11H11FN2O4. The van der Waals surface area contributed by atoms with E-state index in [0.29, 0.717) is 26.3 Å². The minimum Gasteiger partial charge on any atom is -0.378 e. The number of amides is 1. The van der Waals surface area contributed by atoms with Crippen molar-refractivity contribution in [3.05, 3.63) is 39.7 Å². The lowest BCUT2D eigenvalue weighted by atomic mass is 10.1. The summed E-state index contributed by atoms with van der Waals surface area (Å²) in [5.74, 6) is -1.21. The van der Waals surface area contributed by atoms with Crippen LogP contribution in [0.1, 0.15) is 10.4 Å². The molecule has 1 fully saturated rings. The molecule has 18 heavy (non-hydrogen) atoms. The molecule has 0 spiro atoms. The van der Waals surface area contributed by atoms with Crippen molar-refractivity contribution in [3.8, 4) is 0 Å². The van der Waals surface area contributed by atoms with Crippen molar-refractivity contribution in [1.29, 1.82) is 0 Å². The van der Waals surface area contributed by atoms with Gasteiger partial charge in [0.05, 0.1) is 24.2 Å². The van der Waals surface area contributed by atoms with E-state index in [2.05, 4.69) is 0 Å². The summed E-state index contributed by atoms with van der Waals surface area (Å²) in [7, 11) is 0. The molecule has 0 unspecified atom stereocenters. The number of nitro benzene ring substituents is 1. The zero-order valence-corrected chi connectivity index (χ0v) is 9.47. The van der Waals surface area contributed by atoms with Crippen LogP contribution in [0, 0.1) is 15.9 Å². The van der Waals surface area contributed by atoms with Crippen molar-refractivity contribution in [1.82, 2.24) is 4.90 Å². The number of nitro groups is 1. The number of non-ortho nitro benzene ring substituents is 1. The first kappa shape index (κ1) is 12.4. The summed E-state index contributed by atoms with van der Waals surface area (Å²) in [6.07, 6.45) is 0. The fourth-order valence-electron chi connectivity index (χ4n) is 1.75. The minimum absolute atomic E-state index is 0.0106. The van der Waals surface area contributed by atoms with Crippen LogP contribution in [0.5, 0.6) is 0 Å². The van der Waals surface area contributed by atoms with Crippen LogP contribution in [0.15, 0.2) is 18.2 Å². The maximum absolute atomic E-state index is 13.2. The molecule has 0 radical (unpaired) electrons. The Labute approximate surface area is 102 Å². The molecule has 0 aromatic heterocycles. The van der Waals surface area contributed by atoms with Crippen LogP contribution in [0.3, 0.4) is 0 Å². The highest BCUT2D eigenvalue weighted by molar-refractivity contribution is 5.94. The topological polar surface area (TPSA) is 72.7 Å². The van der Waals surface area contributed by atoms with Crippen LogP contribution in [0.4, 0.5) is 10.1 Å². The van der Waals surface area contributed by atoms with Gasteiger partial charge in [0.25, 0.3) is 11.6 Å². The van der Waals surface area contributed by atoms with E-state index in [-0.39, 0.29) is 5.56 Å². The largest absolute Gasteiger partial charge is 0.378 e. The van der Waals surface area contributed by atoms with Gasteiger partial charge in [0, 0.05) is 24.7 Å². The Morgan fingerprint density at radius 1 is 1.33 bits per heavy atom. The number of nitrogens with zero attached hydrogens (tertiary/aromatic N) is 2. The Balaban J connectivity index is 2.26. The molecule has 1 aliphatic rings. The summed E-state index contributed by atoms with van der Waals surface area (Å²) < 4.78 is 18.3. The molecule has 0 saturated carbocycles. The molecule has 1 heterocycles. The smallest absolute Gasteiger partial charge is 0.273 e. The Hall–Kier alpha value is -2.02. The van der Waals surface area contributed by atoms with Crippen LogP contribution in [0.25, 0.3) is 0 Å². The van der Waals surface area contributed by atoms with Gasteiger partial charge in [0.15, 0.2) is 0 Å². The zero-order valence-electron chi connectivity index (χ0n) is 9.47. The second kappa shape index (κ2) is 5.09. The highest BCUT2D eigenvalue weighted by atomic mass is 19.1. The molecule has 2 rings (SSSR count). The molecule has 6 nitrogen and oxygen atoms in total. The lowest BCUT2D eigenvalue weighted by Crippen LogP contribution is -2.40. The van der Waals surface area contributed by atoms with E-state index < -0.39 is 22.3 Å². The highest BCUT2D eigenvalue weighted by Crippen LogP contribution is 2.18. The Bertz CT molecular complexity index is 486. The number of morpholine rings is 1. The summed E-state index contributed by atoms with van der Waals surface area (Å²) in [5.41, 5.74) is -0.435. The number of rotatable bonds is 2. The fraction of sp³-hybridized carbons (Fsp3) is 0.364. The van der Waals surface area contributed by atoms with Gasteiger partial charge >= 0.3 is 0 Å². The summed E-state index contributed by atoms with van der Waals surface area (Å²) >= 11 is 0. The van der Waals surface area contributed by atoms with Crippen LogP contribution >= 0.6 is 0 Å². The van der Waals surface area contributed by atoms with Crippen molar-refractivity contribution in [2.24, 2.45) is 0 Å². The first-order chi connectivity index (χ1) is 8.58. The van der Waals surface area contributed by atoms with Gasteiger partial charge in [0.2, 0.25) is 0 Å². The molecule has 96 valence electrons. The van der Waals surface area contributed by atoms with Gasteiger partial charge < -0.3 is 9.64 Å². The van der Waals surface area contributed by atoms with Crippen LogP contribution in [-0.4, -0.2) is 42.0 Å². The van der Waals surface area contributed by atoms with E-state index >= 15 is 0 Å². The molecule has 0 atom stereocenters. The summed E-state index contributed by atoms with van der Waals surface area (Å²) in [4.78, 5) is 23.4. The lowest BCUT2D eigenvalue weighted by molar-refractivity contribution is -0.385. The summed E-state index contributed by atoms with van der Waals surface area (Å²) in [6, 6.07) is 2.88. The van der Waals surface area contributed by atoms with Gasteiger partial charge in [-0.25, -0.2) is 4.39 Å². The lowest BCUT2D eigenvalue weighted by Gasteiger charge is -2.26. The van der Waals surface area contributed by atoms with Crippen LogP contribution < -0.4 is 0 Å². The summed E-state index contributed by atoms with van der Waals surface area (Å²) in [6.45, 7) is 1.65. The average molecular weight is 254 g/mol. The molecule has 1 saturated heterocycles. The number of ether oxygens (including phenoxy) is 1. The van der Waals surface area contributed by atoms with Gasteiger partial charge in [-0.2, -0.15) is 0 Å². The first-order valence-electron chi connectivity index (χ1n) is 5.40. The first-order valence-corrected chi connectivity index (χ1v) is 5.40. The van der Waals surface area contributed by atoms with Crippen molar-refractivity contribution >= 4 is 11.6 Å². The number of hydrogen-bond acceptors (Lipinski definition) is 4. The number of benzene rings is 1. The predicted molar refractivity (Wildman–Crippen MR) is 59.8 cm³/mol. The molecule has 1 aromatic carbocycles. The van der Waals surface area contributed by atoms with E-state index in [0.717, 1.165) is 18.2 Å². The molecular weight excluding hydrogens is 243 g/mol.